The van der Waals surface area contributed by atoms with Gasteiger partial charge in [-0.2, -0.15) is 0 Å². The zero-order valence-electron chi connectivity index (χ0n) is 8.41. The Kier molecular flexibility index (Phi) is 3.74. The molecule has 1 unspecified atom stereocenters. The summed E-state index contributed by atoms with van der Waals surface area (Å²) in [6.07, 6.45) is 5.86. The van der Waals surface area contributed by atoms with Gasteiger partial charge in [-0.05, 0) is 25.8 Å². The van der Waals surface area contributed by atoms with Crippen LogP contribution in [0.25, 0.3) is 0 Å². The second-order valence-corrected chi connectivity index (χ2v) is 6.34. The van der Waals surface area contributed by atoms with E-state index in [2.05, 4.69) is 5.32 Å². The molecule has 1 atom stereocenters. The SMILES string of the molecule is CNC(CCS(C)(=O)=O)CC1CC1. The van der Waals surface area contributed by atoms with Crippen LogP contribution in [0.1, 0.15) is 25.7 Å². The van der Waals surface area contributed by atoms with E-state index in [1.54, 1.807) is 0 Å². The van der Waals surface area contributed by atoms with Crippen molar-refractivity contribution in [2.45, 2.75) is 31.7 Å². The Labute approximate surface area is 80.8 Å². The van der Waals surface area contributed by atoms with E-state index in [0.717, 1.165) is 18.8 Å². The lowest BCUT2D eigenvalue weighted by molar-refractivity contribution is 0.478. The van der Waals surface area contributed by atoms with Crippen LogP contribution < -0.4 is 5.32 Å². The standard InChI is InChI=1S/C9H19NO2S/c1-10-9(7-8-3-4-8)5-6-13(2,11)12/h8-10H,3-7H2,1-2H3. The topological polar surface area (TPSA) is 46.2 Å². The molecule has 13 heavy (non-hydrogen) atoms. The Morgan fingerprint density at radius 1 is 1.46 bits per heavy atom. The zero-order valence-corrected chi connectivity index (χ0v) is 9.23. The molecular weight excluding hydrogens is 186 g/mol. The maximum Gasteiger partial charge on any atom is 0.147 e. The summed E-state index contributed by atoms with van der Waals surface area (Å²) >= 11 is 0. The molecule has 0 bridgehead atoms. The fourth-order valence-electron chi connectivity index (χ4n) is 1.49. The van der Waals surface area contributed by atoms with Gasteiger partial charge in [0.15, 0.2) is 0 Å². The van der Waals surface area contributed by atoms with Crippen molar-refractivity contribution in [2.24, 2.45) is 5.92 Å². The van der Waals surface area contributed by atoms with Gasteiger partial charge in [0.05, 0.1) is 5.75 Å². The van der Waals surface area contributed by atoms with Crippen molar-refractivity contribution < 1.29 is 8.42 Å². The average Bonchev–Trinajstić information content (AvgIpc) is 2.79. The van der Waals surface area contributed by atoms with Gasteiger partial charge >= 0.3 is 0 Å². The first-order chi connectivity index (χ1) is 6.01. The van der Waals surface area contributed by atoms with Crippen LogP contribution in [0.3, 0.4) is 0 Å². The molecule has 0 spiro atoms. The first-order valence-corrected chi connectivity index (χ1v) is 6.92. The number of hydrogen-bond acceptors (Lipinski definition) is 3. The molecule has 0 amide bonds. The summed E-state index contributed by atoms with van der Waals surface area (Å²) in [5, 5.41) is 3.18. The summed E-state index contributed by atoms with van der Waals surface area (Å²) in [4.78, 5) is 0. The maximum atomic E-state index is 10.9. The lowest BCUT2D eigenvalue weighted by Gasteiger charge is -2.14. The van der Waals surface area contributed by atoms with Crippen LogP contribution in [0.4, 0.5) is 0 Å². The smallest absolute Gasteiger partial charge is 0.147 e. The molecule has 3 nitrogen and oxygen atoms in total. The molecule has 0 heterocycles. The minimum atomic E-state index is -2.78. The third kappa shape index (κ3) is 5.26. The molecule has 1 N–H and O–H groups in total. The Hall–Kier alpha value is -0.0900. The average molecular weight is 205 g/mol. The van der Waals surface area contributed by atoms with Gasteiger partial charge in [-0.1, -0.05) is 12.8 Å². The van der Waals surface area contributed by atoms with Crippen LogP contribution in [0.15, 0.2) is 0 Å². The monoisotopic (exact) mass is 205 g/mol. The molecule has 1 aliphatic carbocycles. The van der Waals surface area contributed by atoms with Crippen LogP contribution in [0.5, 0.6) is 0 Å². The highest BCUT2D eigenvalue weighted by atomic mass is 32.2. The van der Waals surface area contributed by atoms with Gasteiger partial charge in [-0.25, -0.2) is 8.42 Å². The van der Waals surface area contributed by atoms with Crippen molar-refractivity contribution in [1.82, 2.24) is 5.32 Å². The summed E-state index contributed by atoms with van der Waals surface area (Å²) in [6, 6.07) is 0.391. The lowest BCUT2D eigenvalue weighted by Crippen LogP contribution is -2.28. The normalized spacial score (nSPS) is 20.2. The van der Waals surface area contributed by atoms with Crippen LogP contribution in [-0.4, -0.2) is 33.5 Å². The first kappa shape index (κ1) is 11.0. The molecule has 0 aliphatic heterocycles. The van der Waals surface area contributed by atoms with E-state index in [0.29, 0.717) is 11.8 Å². The maximum absolute atomic E-state index is 10.9. The zero-order chi connectivity index (χ0) is 9.90. The van der Waals surface area contributed by atoms with Gasteiger partial charge in [-0.15, -0.1) is 0 Å². The van der Waals surface area contributed by atoms with E-state index in [-0.39, 0.29) is 0 Å². The van der Waals surface area contributed by atoms with Gasteiger partial charge in [0, 0.05) is 12.3 Å². The summed E-state index contributed by atoms with van der Waals surface area (Å²) in [5.41, 5.74) is 0. The van der Waals surface area contributed by atoms with E-state index in [9.17, 15) is 8.42 Å². The Morgan fingerprint density at radius 2 is 2.08 bits per heavy atom. The lowest BCUT2D eigenvalue weighted by atomic mass is 10.1. The summed E-state index contributed by atoms with van der Waals surface area (Å²) in [6.45, 7) is 0. The van der Waals surface area contributed by atoms with Gasteiger partial charge in [0.25, 0.3) is 0 Å². The first-order valence-electron chi connectivity index (χ1n) is 4.86. The number of rotatable bonds is 6. The highest BCUT2D eigenvalue weighted by molar-refractivity contribution is 7.90. The van der Waals surface area contributed by atoms with E-state index >= 15 is 0 Å². The largest absolute Gasteiger partial charge is 0.317 e. The van der Waals surface area contributed by atoms with Gasteiger partial charge in [-0.3, -0.25) is 0 Å². The van der Waals surface area contributed by atoms with E-state index in [1.807, 2.05) is 7.05 Å². The minimum Gasteiger partial charge on any atom is -0.317 e. The summed E-state index contributed by atoms with van der Waals surface area (Å²) in [7, 11) is -0.873. The fourth-order valence-corrected chi connectivity index (χ4v) is 2.20. The molecule has 0 aromatic carbocycles. The summed E-state index contributed by atoms with van der Waals surface area (Å²) < 4.78 is 21.9. The van der Waals surface area contributed by atoms with Crippen molar-refractivity contribution in [1.29, 1.82) is 0 Å². The molecule has 1 fully saturated rings. The van der Waals surface area contributed by atoms with Gasteiger partial charge < -0.3 is 5.32 Å². The van der Waals surface area contributed by atoms with Gasteiger partial charge in [0.1, 0.15) is 9.84 Å². The van der Waals surface area contributed by atoms with Crippen molar-refractivity contribution in [3.05, 3.63) is 0 Å². The van der Waals surface area contributed by atoms with E-state index < -0.39 is 9.84 Å². The number of nitrogens with one attached hydrogen (secondary N) is 1. The van der Waals surface area contributed by atoms with Crippen molar-refractivity contribution >= 4 is 9.84 Å². The Morgan fingerprint density at radius 3 is 2.46 bits per heavy atom. The number of hydrogen-bond donors (Lipinski definition) is 1. The van der Waals surface area contributed by atoms with Crippen LogP contribution >= 0.6 is 0 Å². The molecule has 0 aromatic heterocycles. The van der Waals surface area contributed by atoms with Gasteiger partial charge in [0.2, 0.25) is 0 Å². The summed E-state index contributed by atoms with van der Waals surface area (Å²) in [5.74, 6) is 1.17. The molecule has 1 rings (SSSR count). The highest BCUT2D eigenvalue weighted by Crippen LogP contribution is 2.33. The van der Waals surface area contributed by atoms with E-state index in [1.165, 1.54) is 19.1 Å². The predicted molar refractivity (Wildman–Crippen MR) is 54.5 cm³/mol. The highest BCUT2D eigenvalue weighted by Gasteiger charge is 2.25. The van der Waals surface area contributed by atoms with Crippen molar-refractivity contribution in [2.75, 3.05) is 19.1 Å². The van der Waals surface area contributed by atoms with Crippen molar-refractivity contribution in [3.8, 4) is 0 Å². The van der Waals surface area contributed by atoms with Crippen molar-refractivity contribution in [3.63, 3.8) is 0 Å². The molecule has 4 heteroatoms. The molecule has 0 radical (unpaired) electrons. The van der Waals surface area contributed by atoms with Crippen LogP contribution in [0, 0.1) is 5.92 Å². The third-order valence-corrected chi connectivity index (χ3v) is 3.54. The Bertz CT molecular complexity index is 244. The fraction of sp³-hybridized carbons (Fsp3) is 1.00. The van der Waals surface area contributed by atoms with Crippen LogP contribution in [-0.2, 0) is 9.84 Å². The van der Waals surface area contributed by atoms with Crippen LogP contribution in [0.2, 0.25) is 0 Å². The molecule has 1 saturated carbocycles. The second kappa shape index (κ2) is 4.42. The quantitative estimate of drug-likeness (QED) is 0.698. The second-order valence-electron chi connectivity index (χ2n) is 4.08. The third-order valence-electron chi connectivity index (χ3n) is 2.56. The molecule has 1 aliphatic rings. The predicted octanol–water partition coefficient (Wildman–Crippen LogP) is 0.809. The minimum absolute atomic E-state index is 0.311. The Balaban J connectivity index is 2.22. The number of sulfone groups is 1. The molecular formula is C9H19NO2S. The molecule has 0 aromatic rings. The van der Waals surface area contributed by atoms with E-state index in [4.69, 9.17) is 0 Å². The molecule has 0 saturated heterocycles. The molecule has 78 valence electrons.